The zero-order chi connectivity index (χ0) is 9.68. The number of nitrogens with zero attached hydrogens (tertiary/aromatic N) is 1. The van der Waals surface area contributed by atoms with Gasteiger partial charge in [0.1, 0.15) is 0 Å². The van der Waals surface area contributed by atoms with Crippen molar-refractivity contribution in [2.24, 2.45) is 0 Å². The van der Waals surface area contributed by atoms with Gasteiger partial charge >= 0.3 is 0 Å². The Hall–Kier alpha value is -0.610. The summed E-state index contributed by atoms with van der Waals surface area (Å²) in [5.74, 6) is 0. The first-order valence-corrected chi connectivity index (χ1v) is 5.53. The molecular weight excluding hydrogens is 182 g/mol. The largest absolute Gasteiger partial charge is 0.375 e. The van der Waals surface area contributed by atoms with Gasteiger partial charge in [-0.15, -0.1) is 11.3 Å². The molecule has 0 bridgehead atoms. The Balaban J connectivity index is 2.20. The summed E-state index contributed by atoms with van der Waals surface area (Å²) in [6, 6.07) is 0.594. The third kappa shape index (κ3) is 3.74. The molecule has 1 atom stereocenters. The highest BCUT2D eigenvalue weighted by molar-refractivity contribution is 7.13. The molecule has 0 saturated heterocycles. The van der Waals surface area contributed by atoms with E-state index in [0.29, 0.717) is 11.2 Å². The van der Waals surface area contributed by atoms with E-state index < -0.39 is 0 Å². The summed E-state index contributed by atoms with van der Waals surface area (Å²) < 4.78 is 0. The van der Waals surface area contributed by atoms with Crippen molar-refractivity contribution in [2.75, 3.05) is 12.3 Å². The van der Waals surface area contributed by atoms with E-state index in [1.807, 2.05) is 5.38 Å². The number of rotatable bonds is 5. The number of hydrogen-bond acceptors (Lipinski definition) is 4. The molecule has 0 radical (unpaired) electrons. The molecule has 1 unspecified atom stereocenters. The van der Waals surface area contributed by atoms with Crippen molar-refractivity contribution in [3.05, 3.63) is 11.1 Å². The van der Waals surface area contributed by atoms with Gasteiger partial charge in [-0.3, -0.25) is 0 Å². The maximum absolute atomic E-state index is 5.52. The highest BCUT2D eigenvalue weighted by atomic mass is 32.1. The van der Waals surface area contributed by atoms with Gasteiger partial charge in [-0.1, -0.05) is 6.92 Å². The zero-order valence-electron chi connectivity index (χ0n) is 8.21. The number of nitrogens with two attached hydrogens (primary N) is 1. The minimum atomic E-state index is 0.594. The van der Waals surface area contributed by atoms with Gasteiger partial charge in [-0.2, -0.15) is 0 Å². The molecule has 0 saturated carbocycles. The Morgan fingerprint density at radius 2 is 2.46 bits per heavy atom. The van der Waals surface area contributed by atoms with E-state index in [1.165, 1.54) is 17.8 Å². The number of hydrogen-bond donors (Lipinski definition) is 2. The predicted octanol–water partition coefficient (Wildman–Crippen LogP) is 1.66. The molecule has 0 spiro atoms. The van der Waals surface area contributed by atoms with Gasteiger partial charge in [0.05, 0.1) is 5.69 Å². The van der Waals surface area contributed by atoms with Crippen LogP contribution >= 0.6 is 11.3 Å². The molecule has 1 heterocycles. The lowest BCUT2D eigenvalue weighted by Gasteiger charge is -2.09. The molecule has 1 aromatic rings. The first kappa shape index (κ1) is 10.5. The fourth-order valence-electron chi connectivity index (χ4n) is 1.03. The lowest BCUT2D eigenvalue weighted by molar-refractivity contribution is 0.536. The van der Waals surface area contributed by atoms with E-state index in [9.17, 15) is 0 Å². The number of nitrogens with one attached hydrogen (secondary N) is 1. The van der Waals surface area contributed by atoms with Gasteiger partial charge in [0.2, 0.25) is 0 Å². The van der Waals surface area contributed by atoms with Crippen LogP contribution in [-0.2, 0) is 6.42 Å². The van der Waals surface area contributed by atoms with Crippen molar-refractivity contribution < 1.29 is 0 Å². The van der Waals surface area contributed by atoms with Crippen molar-refractivity contribution in [1.82, 2.24) is 10.3 Å². The summed E-state index contributed by atoms with van der Waals surface area (Å²) in [7, 11) is 0. The second-order valence-electron chi connectivity index (χ2n) is 3.19. The monoisotopic (exact) mass is 199 g/mol. The average Bonchev–Trinajstić information content (AvgIpc) is 2.51. The summed E-state index contributed by atoms with van der Waals surface area (Å²) in [4.78, 5) is 4.19. The Bertz CT molecular complexity index is 247. The molecule has 3 nitrogen and oxygen atoms in total. The van der Waals surface area contributed by atoms with Crippen LogP contribution in [0.15, 0.2) is 5.38 Å². The van der Waals surface area contributed by atoms with Crippen LogP contribution in [0.5, 0.6) is 0 Å². The van der Waals surface area contributed by atoms with Gasteiger partial charge in [0.25, 0.3) is 0 Å². The van der Waals surface area contributed by atoms with Crippen molar-refractivity contribution in [1.29, 1.82) is 0 Å². The molecule has 0 aliphatic rings. The van der Waals surface area contributed by atoms with E-state index in [2.05, 4.69) is 24.1 Å². The molecule has 0 aromatic carbocycles. The number of anilines is 1. The van der Waals surface area contributed by atoms with Crippen LogP contribution in [-0.4, -0.2) is 17.6 Å². The Labute approximate surface area is 83.4 Å². The third-order valence-electron chi connectivity index (χ3n) is 2.06. The normalized spacial score (nSPS) is 13.1. The van der Waals surface area contributed by atoms with Gasteiger partial charge in [-0.25, -0.2) is 4.98 Å². The first-order chi connectivity index (χ1) is 6.22. The number of nitrogen functional groups attached to an aromatic ring is 1. The Morgan fingerprint density at radius 3 is 3.00 bits per heavy atom. The van der Waals surface area contributed by atoms with Crippen LogP contribution in [0.3, 0.4) is 0 Å². The minimum absolute atomic E-state index is 0.594. The third-order valence-corrected chi connectivity index (χ3v) is 2.78. The summed E-state index contributed by atoms with van der Waals surface area (Å²) in [6.45, 7) is 5.35. The molecule has 3 N–H and O–H groups in total. The summed E-state index contributed by atoms with van der Waals surface area (Å²) >= 11 is 1.51. The van der Waals surface area contributed by atoms with Crippen molar-refractivity contribution in [3.8, 4) is 0 Å². The molecule has 74 valence electrons. The zero-order valence-corrected chi connectivity index (χ0v) is 9.03. The highest BCUT2D eigenvalue weighted by Crippen LogP contribution is 2.10. The first-order valence-electron chi connectivity index (χ1n) is 4.65. The maximum atomic E-state index is 5.52. The van der Waals surface area contributed by atoms with Gasteiger partial charge in [-0.05, 0) is 13.3 Å². The summed E-state index contributed by atoms with van der Waals surface area (Å²) in [5.41, 5.74) is 6.62. The summed E-state index contributed by atoms with van der Waals surface area (Å²) in [6.07, 6.45) is 2.14. The lowest BCUT2D eigenvalue weighted by atomic mass is 10.2. The number of thiazole rings is 1. The average molecular weight is 199 g/mol. The van der Waals surface area contributed by atoms with Crippen LogP contribution in [0.2, 0.25) is 0 Å². The number of aromatic nitrogens is 1. The molecule has 4 heteroatoms. The van der Waals surface area contributed by atoms with Crippen molar-refractivity contribution in [2.45, 2.75) is 32.7 Å². The molecule has 1 aromatic heterocycles. The highest BCUT2D eigenvalue weighted by Gasteiger charge is 2.00. The van der Waals surface area contributed by atoms with Gasteiger partial charge < -0.3 is 11.1 Å². The van der Waals surface area contributed by atoms with E-state index in [0.717, 1.165) is 18.7 Å². The predicted molar refractivity (Wildman–Crippen MR) is 58.0 cm³/mol. The molecule has 1 rings (SSSR count). The quantitative estimate of drug-likeness (QED) is 0.758. The fourth-order valence-corrected chi connectivity index (χ4v) is 1.63. The topological polar surface area (TPSA) is 50.9 Å². The second kappa shape index (κ2) is 5.19. The van der Waals surface area contributed by atoms with Crippen LogP contribution in [0.1, 0.15) is 26.0 Å². The molecule has 0 amide bonds. The van der Waals surface area contributed by atoms with Gasteiger partial charge in [0, 0.05) is 24.4 Å². The van der Waals surface area contributed by atoms with E-state index in [4.69, 9.17) is 5.73 Å². The molecule has 13 heavy (non-hydrogen) atoms. The van der Waals surface area contributed by atoms with E-state index in [-0.39, 0.29) is 0 Å². The Kier molecular flexibility index (Phi) is 4.18. The molecule has 0 aliphatic carbocycles. The smallest absolute Gasteiger partial charge is 0.180 e. The van der Waals surface area contributed by atoms with Gasteiger partial charge in [0.15, 0.2) is 5.13 Å². The Morgan fingerprint density at radius 1 is 1.69 bits per heavy atom. The van der Waals surface area contributed by atoms with E-state index in [1.54, 1.807) is 0 Å². The molecular formula is C9H17N3S. The summed E-state index contributed by atoms with van der Waals surface area (Å²) in [5, 5.41) is 6.10. The standard InChI is InChI=1S/C9H17N3S/c1-3-7(2)11-5-4-8-6-13-9(10)12-8/h6-7,11H,3-5H2,1-2H3,(H2,10,12). The minimum Gasteiger partial charge on any atom is -0.375 e. The van der Waals surface area contributed by atoms with Crippen molar-refractivity contribution in [3.63, 3.8) is 0 Å². The fraction of sp³-hybridized carbons (Fsp3) is 0.667. The van der Waals surface area contributed by atoms with Crippen molar-refractivity contribution >= 4 is 16.5 Å². The van der Waals surface area contributed by atoms with Crippen LogP contribution in [0, 0.1) is 0 Å². The van der Waals surface area contributed by atoms with Crippen LogP contribution in [0.25, 0.3) is 0 Å². The lowest BCUT2D eigenvalue weighted by Crippen LogP contribution is -2.27. The SMILES string of the molecule is CCC(C)NCCc1csc(N)n1. The second-order valence-corrected chi connectivity index (χ2v) is 4.08. The van der Waals surface area contributed by atoms with Crippen LogP contribution < -0.4 is 11.1 Å². The van der Waals surface area contributed by atoms with Crippen LogP contribution in [0.4, 0.5) is 5.13 Å². The molecule has 0 fully saturated rings. The maximum Gasteiger partial charge on any atom is 0.180 e. The molecule has 0 aliphatic heterocycles. The van der Waals surface area contributed by atoms with E-state index >= 15 is 0 Å².